The summed E-state index contributed by atoms with van der Waals surface area (Å²) < 4.78 is 5.57. The summed E-state index contributed by atoms with van der Waals surface area (Å²) in [6.07, 6.45) is 3.14. The summed E-state index contributed by atoms with van der Waals surface area (Å²) in [7, 11) is 1.62. The van der Waals surface area contributed by atoms with Crippen molar-refractivity contribution in [3.05, 3.63) is 42.9 Å². The molecule has 108 valence electrons. The van der Waals surface area contributed by atoms with E-state index in [4.69, 9.17) is 4.74 Å². The van der Waals surface area contributed by atoms with Gasteiger partial charge in [-0.05, 0) is 29.7 Å². The van der Waals surface area contributed by atoms with Crippen LogP contribution in [-0.4, -0.2) is 32.2 Å². The van der Waals surface area contributed by atoms with Crippen molar-refractivity contribution in [1.82, 2.24) is 19.9 Å². The molecule has 2 heterocycles. The van der Waals surface area contributed by atoms with Gasteiger partial charge in [0.25, 0.3) is 0 Å². The molecule has 0 unspecified atom stereocenters. The Labute approximate surface area is 125 Å². The fraction of sp³-hybridized carbons (Fsp3) is 0.0625. The Bertz CT molecular complexity index is 961. The number of phenolic OH excluding ortho intramolecular Hbond substituents is 1. The van der Waals surface area contributed by atoms with E-state index < -0.39 is 0 Å². The minimum atomic E-state index is 0.223. The van der Waals surface area contributed by atoms with Gasteiger partial charge in [-0.1, -0.05) is 6.07 Å². The minimum Gasteiger partial charge on any atom is -0.508 e. The van der Waals surface area contributed by atoms with E-state index in [2.05, 4.69) is 19.9 Å². The maximum absolute atomic E-state index is 9.60. The van der Waals surface area contributed by atoms with Gasteiger partial charge in [0.2, 0.25) is 0 Å². The van der Waals surface area contributed by atoms with Gasteiger partial charge in [0.1, 0.15) is 29.2 Å². The Kier molecular flexibility index (Phi) is 2.69. The molecule has 0 aliphatic rings. The summed E-state index contributed by atoms with van der Waals surface area (Å²) >= 11 is 0. The largest absolute Gasteiger partial charge is 0.508 e. The molecular formula is C16H12N4O2. The van der Waals surface area contributed by atoms with Crippen LogP contribution in [0.4, 0.5) is 0 Å². The molecule has 22 heavy (non-hydrogen) atoms. The van der Waals surface area contributed by atoms with Crippen molar-refractivity contribution in [2.45, 2.75) is 0 Å². The molecule has 0 radical (unpaired) electrons. The number of rotatable bonds is 2. The first-order valence-electron chi connectivity index (χ1n) is 6.72. The minimum absolute atomic E-state index is 0.223. The molecule has 0 saturated heterocycles. The van der Waals surface area contributed by atoms with E-state index in [1.807, 2.05) is 18.2 Å². The number of ether oxygens (including phenoxy) is 1. The summed E-state index contributed by atoms with van der Waals surface area (Å²) in [6.45, 7) is 0. The number of benzene rings is 2. The van der Waals surface area contributed by atoms with Gasteiger partial charge in [-0.2, -0.15) is 0 Å². The van der Waals surface area contributed by atoms with Crippen LogP contribution in [0.25, 0.3) is 33.3 Å². The van der Waals surface area contributed by atoms with Crippen LogP contribution >= 0.6 is 0 Å². The van der Waals surface area contributed by atoms with E-state index in [0.717, 1.165) is 16.3 Å². The number of aromatic hydroxyl groups is 1. The molecule has 4 rings (SSSR count). The predicted octanol–water partition coefficient (Wildman–Crippen LogP) is 2.89. The number of fused-ring (bicyclic) bond motifs is 2. The monoisotopic (exact) mass is 292 g/mol. The molecule has 2 aromatic heterocycles. The highest BCUT2D eigenvalue weighted by Gasteiger charge is 2.14. The molecule has 0 aliphatic carbocycles. The Morgan fingerprint density at radius 2 is 2.09 bits per heavy atom. The quantitative estimate of drug-likeness (QED) is 0.593. The molecular weight excluding hydrogens is 280 g/mol. The van der Waals surface area contributed by atoms with Crippen LogP contribution in [0.15, 0.2) is 42.9 Å². The highest BCUT2D eigenvalue weighted by molar-refractivity contribution is 5.95. The molecule has 0 fully saturated rings. The Hall–Kier alpha value is -3.15. The number of hydrogen-bond donors (Lipinski definition) is 2. The normalized spacial score (nSPS) is 11.1. The van der Waals surface area contributed by atoms with Crippen LogP contribution in [0.3, 0.4) is 0 Å². The van der Waals surface area contributed by atoms with Crippen molar-refractivity contribution in [2.24, 2.45) is 0 Å². The van der Waals surface area contributed by atoms with Gasteiger partial charge in [0, 0.05) is 5.39 Å². The average molecular weight is 292 g/mol. The lowest BCUT2D eigenvalue weighted by atomic mass is 10.0. The van der Waals surface area contributed by atoms with Crippen LogP contribution < -0.4 is 4.74 Å². The first-order valence-corrected chi connectivity index (χ1v) is 6.72. The van der Waals surface area contributed by atoms with Crippen molar-refractivity contribution in [2.75, 3.05) is 7.11 Å². The molecule has 0 amide bonds. The topological polar surface area (TPSA) is 83.9 Å². The molecule has 0 bridgehead atoms. The summed E-state index contributed by atoms with van der Waals surface area (Å²) in [6, 6.07) is 9.00. The maximum Gasteiger partial charge on any atom is 0.161 e. The van der Waals surface area contributed by atoms with Gasteiger partial charge in [-0.25, -0.2) is 15.0 Å². The Morgan fingerprint density at radius 3 is 2.91 bits per heavy atom. The summed E-state index contributed by atoms with van der Waals surface area (Å²) in [4.78, 5) is 15.8. The molecule has 6 nitrogen and oxygen atoms in total. The number of nitrogens with one attached hydrogen (secondary N) is 1. The van der Waals surface area contributed by atoms with Crippen molar-refractivity contribution < 1.29 is 9.84 Å². The predicted molar refractivity (Wildman–Crippen MR) is 82.8 cm³/mol. The third kappa shape index (κ3) is 1.85. The van der Waals surface area contributed by atoms with E-state index in [-0.39, 0.29) is 5.75 Å². The number of aromatic amines is 1. The fourth-order valence-electron chi connectivity index (χ4n) is 2.58. The van der Waals surface area contributed by atoms with Crippen LogP contribution in [0.5, 0.6) is 11.5 Å². The smallest absolute Gasteiger partial charge is 0.161 e. The highest BCUT2D eigenvalue weighted by atomic mass is 16.5. The van der Waals surface area contributed by atoms with Crippen molar-refractivity contribution in [3.63, 3.8) is 0 Å². The van der Waals surface area contributed by atoms with Gasteiger partial charge in [-0.15, -0.1) is 0 Å². The third-order valence-corrected chi connectivity index (χ3v) is 3.58. The van der Waals surface area contributed by atoms with E-state index in [1.165, 1.54) is 6.33 Å². The molecule has 2 N–H and O–H groups in total. The number of methoxy groups -OCH3 is 1. The second kappa shape index (κ2) is 4.70. The number of nitrogens with zero attached hydrogens (tertiary/aromatic N) is 3. The fourth-order valence-corrected chi connectivity index (χ4v) is 2.58. The second-order valence-electron chi connectivity index (χ2n) is 4.89. The van der Waals surface area contributed by atoms with Gasteiger partial charge in [0.05, 0.1) is 18.9 Å². The van der Waals surface area contributed by atoms with Crippen LogP contribution in [0, 0.1) is 0 Å². The lowest BCUT2D eigenvalue weighted by Crippen LogP contribution is -1.91. The van der Waals surface area contributed by atoms with Crippen LogP contribution in [0.1, 0.15) is 0 Å². The lowest BCUT2D eigenvalue weighted by Gasteiger charge is -2.10. The van der Waals surface area contributed by atoms with Crippen molar-refractivity contribution in [3.8, 4) is 22.9 Å². The zero-order valence-corrected chi connectivity index (χ0v) is 11.7. The number of aromatic nitrogens is 4. The summed E-state index contributed by atoms with van der Waals surface area (Å²) in [5.74, 6) is 1.59. The molecule has 2 aromatic carbocycles. The van der Waals surface area contributed by atoms with Crippen LogP contribution in [-0.2, 0) is 0 Å². The van der Waals surface area contributed by atoms with E-state index in [0.29, 0.717) is 22.7 Å². The zero-order chi connectivity index (χ0) is 15.1. The molecule has 6 heteroatoms. The third-order valence-electron chi connectivity index (χ3n) is 3.58. The van der Waals surface area contributed by atoms with Crippen molar-refractivity contribution >= 4 is 21.9 Å². The standard InChI is InChI=1S/C16H12N4O2/c1-22-14-11-5-3-10(21)6-9(11)2-4-12(14)15-19-13-7-17-8-18-16(13)20-15/h2-8,21H,1H3,(H,17,18,19,20). The molecule has 4 aromatic rings. The number of imidazole rings is 1. The van der Waals surface area contributed by atoms with E-state index in [1.54, 1.807) is 25.4 Å². The van der Waals surface area contributed by atoms with E-state index in [9.17, 15) is 5.11 Å². The van der Waals surface area contributed by atoms with Gasteiger partial charge in [0.15, 0.2) is 5.65 Å². The van der Waals surface area contributed by atoms with E-state index >= 15 is 0 Å². The van der Waals surface area contributed by atoms with Crippen LogP contribution in [0.2, 0.25) is 0 Å². The first kappa shape index (κ1) is 12.6. The number of phenols is 1. The molecule has 0 spiro atoms. The van der Waals surface area contributed by atoms with Crippen molar-refractivity contribution in [1.29, 1.82) is 0 Å². The average Bonchev–Trinajstić information content (AvgIpc) is 2.97. The first-order chi connectivity index (χ1) is 10.8. The SMILES string of the molecule is COc1c(-c2nc3cncnc3[nH]2)ccc2cc(O)ccc12. The highest BCUT2D eigenvalue weighted by Crippen LogP contribution is 2.37. The van der Waals surface area contributed by atoms with Gasteiger partial charge >= 0.3 is 0 Å². The van der Waals surface area contributed by atoms with Gasteiger partial charge in [-0.3, -0.25) is 0 Å². The second-order valence-corrected chi connectivity index (χ2v) is 4.89. The maximum atomic E-state index is 9.60. The Balaban J connectivity index is 1.99. The number of hydrogen-bond acceptors (Lipinski definition) is 5. The number of H-pyrrole nitrogens is 1. The molecule has 0 aliphatic heterocycles. The molecule has 0 atom stereocenters. The summed E-state index contributed by atoms with van der Waals surface area (Å²) in [5.41, 5.74) is 2.21. The summed E-state index contributed by atoms with van der Waals surface area (Å²) in [5, 5.41) is 11.4. The Morgan fingerprint density at radius 1 is 1.18 bits per heavy atom. The molecule has 0 saturated carbocycles. The van der Waals surface area contributed by atoms with Gasteiger partial charge < -0.3 is 14.8 Å². The lowest BCUT2D eigenvalue weighted by molar-refractivity contribution is 0.421. The zero-order valence-electron chi connectivity index (χ0n) is 11.7.